The van der Waals surface area contributed by atoms with E-state index in [1.54, 1.807) is 20.2 Å². The van der Waals surface area contributed by atoms with Gasteiger partial charge in [0, 0.05) is 44.3 Å². The molecule has 0 spiro atoms. The number of urea groups is 1. The molecule has 8 heteroatoms. The topological polar surface area (TPSA) is 92.3 Å². The molecule has 36 heavy (non-hydrogen) atoms. The molecule has 190 valence electrons. The van der Waals surface area contributed by atoms with Gasteiger partial charge in [-0.05, 0) is 74.1 Å². The van der Waals surface area contributed by atoms with Gasteiger partial charge < -0.3 is 14.8 Å². The molecule has 0 aromatic heterocycles. The third-order valence-electron chi connectivity index (χ3n) is 7.72. The van der Waals surface area contributed by atoms with E-state index >= 15 is 0 Å². The Balaban J connectivity index is 1.31. The Labute approximate surface area is 212 Å². The van der Waals surface area contributed by atoms with Crippen LogP contribution in [0.15, 0.2) is 40.4 Å². The van der Waals surface area contributed by atoms with Crippen molar-refractivity contribution in [3.63, 3.8) is 0 Å². The molecule has 0 radical (unpaired) electrons. The van der Waals surface area contributed by atoms with Gasteiger partial charge in [-0.25, -0.2) is 9.59 Å². The summed E-state index contributed by atoms with van der Waals surface area (Å²) in [5, 5.41) is 5.78. The van der Waals surface area contributed by atoms with Gasteiger partial charge in [-0.3, -0.25) is 15.2 Å². The summed E-state index contributed by atoms with van der Waals surface area (Å²) in [6.07, 6.45) is 12.6. The molecule has 2 aliphatic heterocycles. The van der Waals surface area contributed by atoms with Gasteiger partial charge in [0.1, 0.15) is 18.1 Å². The summed E-state index contributed by atoms with van der Waals surface area (Å²) in [5.74, 6) is 2.41. The first kappa shape index (κ1) is 24.5. The van der Waals surface area contributed by atoms with E-state index in [9.17, 15) is 9.59 Å². The summed E-state index contributed by atoms with van der Waals surface area (Å²) in [6.45, 7) is 3.98. The maximum atomic E-state index is 13.1. The lowest BCUT2D eigenvalue weighted by atomic mass is 9.99. The number of aryl methyl sites for hydroxylation is 2. The van der Waals surface area contributed by atoms with Crippen molar-refractivity contribution in [2.24, 2.45) is 4.99 Å². The Bertz CT molecular complexity index is 1140. The van der Waals surface area contributed by atoms with E-state index in [1.165, 1.54) is 28.5 Å². The van der Waals surface area contributed by atoms with Crippen molar-refractivity contribution in [2.45, 2.75) is 64.0 Å². The lowest BCUT2D eigenvalue weighted by molar-refractivity contribution is -0.0620. The van der Waals surface area contributed by atoms with E-state index in [0.29, 0.717) is 17.9 Å². The zero-order valence-electron chi connectivity index (χ0n) is 21.1. The van der Waals surface area contributed by atoms with Crippen LogP contribution in [0.1, 0.15) is 48.4 Å². The normalized spacial score (nSPS) is 25.6. The van der Waals surface area contributed by atoms with Gasteiger partial charge in [0.15, 0.2) is 5.94 Å². The van der Waals surface area contributed by atoms with Crippen molar-refractivity contribution < 1.29 is 19.1 Å². The van der Waals surface area contributed by atoms with Gasteiger partial charge in [0.25, 0.3) is 0 Å². The van der Waals surface area contributed by atoms with E-state index in [1.807, 2.05) is 12.0 Å². The molecule has 8 nitrogen and oxygen atoms in total. The lowest BCUT2D eigenvalue weighted by Gasteiger charge is -2.43. The molecule has 2 heterocycles. The van der Waals surface area contributed by atoms with Crippen LogP contribution in [0.3, 0.4) is 0 Å². The number of rotatable bonds is 5. The van der Waals surface area contributed by atoms with Crippen LogP contribution < -0.4 is 10.6 Å². The van der Waals surface area contributed by atoms with Gasteiger partial charge in [0.2, 0.25) is 0 Å². The molecular weight excluding hydrogens is 456 g/mol. The first-order valence-corrected chi connectivity index (χ1v) is 12.9. The Kier molecular flexibility index (Phi) is 7.37. The highest BCUT2D eigenvalue weighted by molar-refractivity contribution is 5.98. The Hall–Kier alpha value is -3.19. The Morgan fingerprint density at radius 3 is 2.56 bits per heavy atom. The maximum absolute atomic E-state index is 13.1. The van der Waals surface area contributed by atoms with E-state index in [2.05, 4.69) is 26.6 Å². The number of methoxy groups -OCH3 is 1. The summed E-state index contributed by atoms with van der Waals surface area (Å²) in [6, 6.07) is 2.05. The van der Waals surface area contributed by atoms with Crippen molar-refractivity contribution in [1.29, 1.82) is 0 Å². The minimum Gasteiger partial charge on any atom is -0.496 e. The average molecular weight is 491 g/mol. The summed E-state index contributed by atoms with van der Waals surface area (Å²) >= 11 is 0. The van der Waals surface area contributed by atoms with Crippen molar-refractivity contribution in [3.8, 4) is 0 Å². The van der Waals surface area contributed by atoms with Gasteiger partial charge in [-0.1, -0.05) is 12.1 Å². The monoisotopic (exact) mass is 490 g/mol. The number of amides is 2. The first-order chi connectivity index (χ1) is 17.6. The number of allylic oxidation sites excluding steroid dienone is 2. The van der Waals surface area contributed by atoms with Crippen LogP contribution in [0.25, 0.3) is 0 Å². The van der Waals surface area contributed by atoms with E-state index < -0.39 is 6.03 Å². The largest absolute Gasteiger partial charge is 0.496 e. The fourth-order valence-electron chi connectivity index (χ4n) is 5.64. The zero-order valence-corrected chi connectivity index (χ0v) is 21.1. The number of fused-ring (bicyclic) bond motifs is 2. The maximum Gasteiger partial charge on any atom is 0.324 e. The predicted octanol–water partition coefficient (Wildman–Crippen LogP) is 3.48. The lowest BCUT2D eigenvalue weighted by Crippen LogP contribution is -2.57. The summed E-state index contributed by atoms with van der Waals surface area (Å²) in [4.78, 5) is 31.7. The number of carbonyl (C=O) groups excluding carboxylic acids is 2. The van der Waals surface area contributed by atoms with Crippen LogP contribution in [0.5, 0.6) is 0 Å². The van der Waals surface area contributed by atoms with E-state index in [-0.39, 0.29) is 17.8 Å². The second-order valence-corrected chi connectivity index (χ2v) is 9.94. The summed E-state index contributed by atoms with van der Waals surface area (Å²) in [7, 11) is 1.73. The van der Waals surface area contributed by atoms with Crippen LogP contribution in [0.2, 0.25) is 0 Å². The first-order valence-electron chi connectivity index (χ1n) is 12.9. The smallest absolute Gasteiger partial charge is 0.324 e. The molecule has 2 amide bonds. The molecule has 5 rings (SSSR count). The molecule has 2 aliphatic carbocycles. The molecule has 1 aromatic rings. The number of aliphatic imine (C=N–C) groups is 1. The molecule has 1 fully saturated rings. The number of hydrogen-bond acceptors (Lipinski definition) is 6. The SMILES string of the molecule is COC1CN([C@@H]2C/C=C/N=C\C(C(=C=O)NC(=O)Nc3c4c(cc5c3CCC5)CCC4)=C(/C)OC2)C1. The third-order valence-corrected chi connectivity index (χ3v) is 7.72. The highest BCUT2D eigenvalue weighted by atomic mass is 16.5. The van der Waals surface area contributed by atoms with Gasteiger partial charge in [0.05, 0.1) is 11.7 Å². The zero-order chi connectivity index (χ0) is 25.1. The van der Waals surface area contributed by atoms with Crippen LogP contribution >= 0.6 is 0 Å². The van der Waals surface area contributed by atoms with E-state index in [0.717, 1.165) is 63.7 Å². The molecule has 4 aliphatic rings. The number of nitrogens with one attached hydrogen (secondary N) is 2. The fraction of sp³-hybridized carbons (Fsp3) is 0.500. The molecule has 1 atom stereocenters. The molecule has 0 bridgehead atoms. The van der Waals surface area contributed by atoms with E-state index in [4.69, 9.17) is 9.47 Å². The number of anilines is 1. The van der Waals surface area contributed by atoms with Crippen LogP contribution in [0, 0.1) is 0 Å². The Morgan fingerprint density at radius 1 is 1.17 bits per heavy atom. The minimum absolute atomic E-state index is 0.00638. The number of hydrogen-bond donors (Lipinski definition) is 2. The van der Waals surface area contributed by atoms with Gasteiger partial charge in [-0.15, -0.1) is 0 Å². The average Bonchev–Trinajstić information content (AvgIpc) is 3.51. The Morgan fingerprint density at radius 2 is 1.89 bits per heavy atom. The summed E-state index contributed by atoms with van der Waals surface area (Å²) < 4.78 is 11.5. The molecular formula is C28H34N4O4. The molecule has 0 unspecified atom stereocenters. The predicted molar refractivity (Wildman–Crippen MR) is 139 cm³/mol. The van der Waals surface area contributed by atoms with Crippen molar-refractivity contribution >= 4 is 23.9 Å². The fourth-order valence-corrected chi connectivity index (χ4v) is 5.64. The molecule has 1 saturated heterocycles. The highest BCUT2D eigenvalue weighted by Crippen LogP contribution is 2.38. The van der Waals surface area contributed by atoms with Crippen molar-refractivity contribution in [2.75, 3.05) is 32.1 Å². The van der Waals surface area contributed by atoms with Gasteiger partial charge in [-0.2, -0.15) is 0 Å². The van der Waals surface area contributed by atoms with Crippen LogP contribution in [-0.2, 0) is 40.0 Å². The molecule has 2 N–H and O–H groups in total. The standard InChI is InChI=1S/C28H34N4O4/c1-18-25(13-29-11-5-8-21(17-36-18)32-14-22(15-32)35-2)26(16-33)30-28(34)31-27-23-9-3-6-19(23)12-20-7-4-10-24(20)27/h5,11-13,21-22H,3-4,6-10,14-15,17H2,1-2H3,(H2,30,31,34)/b11-5+,25-18-,29-13-/t21-/m1/s1. The number of nitrogens with zero attached hydrogens (tertiary/aromatic N) is 2. The third kappa shape index (κ3) is 5.03. The second kappa shape index (κ2) is 10.8. The summed E-state index contributed by atoms with van der Waals surface area (Å²) in [5.41, 5.74) is 6.49. The van der Waals surface area contributed by atoms with Crippen LogP contribution in [0.4, 0.5) is 10.5 Å². The number of benzene rings is 1. The number of ether oxygens (including phenoxy) is 2. The van der Waals surface area contributed by atoms with Crippen molar-refractivity contribution in [1.82, 2.24) is 10.2 Å². The van der Waals surface area contributed by atoms with Gasteiger partial charge >= 0.3 is 6.03 Å². The second-order valence-electron chi connectivity index (χ2n) is 9.94. The number of likely N-dealkylation sites (tertiary alicyclic amines) is 1. The highest BCUT2D eigenvalue weighted by Gasteiger charge is 2.32. The minimum atomic E-state index is -0.451. The van der Waals surface area contributed by atoms with Crippen LogP contribution in [-0.4, -0.2) is 62.0 Å². The molecule has 0 saturated carbocycles. The molecule has 1 aromatic carbocycles. The van der Waals surface area contributed by atoms with Crippen molar-refractivity contribution in [3.05, 3.63) is 57.6 Å². The quantitative estimate of drug-likeness (QED) is 0.617. The number of carbonyl (C=O) groups is 1.